The zero-order valence-electron chi connectivity index (χ0n) is 9.93. The van der Waals surface area contributed by atoms with Crippen LogP contribution in [-0.2, 0) is 0 Å². The van der Waals surface area contributed by atoms with E-state index in [4.69, 9.17) is 0 Å². The van der Waals surface area contributed by atoms with E-state index in [1.165, 1.54) is 7.11 Å². The second-order valence-corrected chi connectivity index (χ2v) is 4.14. The molecule has 1 aliphatic rings. The molecule has 1 aliphatic heterocycles. The maximum absolute atomic E-state index is 13.4. The van der Waals surface area contributed by atoms with Crippen LogP contribution in [0.5, 0.6) is 5.75 Å². The second-order valence-electron chi connectivity index (χ2n) is 4.14. The number of carbonyl (C=O) groups excluding carboxylic acids is 1. The number of carbonyl (C=O) groups is 1. The van der Waals surface area contributed by atoms with E-state index in [0.717, 1.165) is 25.1 Å². The number of methoxy groups -OCH3 is 1. The van der Waals surface area contributed by atoms with Gasteiger partial charge < -0.3 is 15.4 Å². The van der Waals surface area contributed by atoms with Gasteiger partial charge in [0.15, 0.2) is 17.4 Å². The summed E-state index contributed by atoms with van der Waals surface area (Å²) >= 11 is 0. The zero-order chi connectivity index (χ0) is 13.1. The van der Waals surface area contributed by atoms with Gasteiger partial charge >= 0.3 is 0 Å². The molecule has 1 heterocycles. The van der Waals surface area contributed by atoms with Gasteiger partial charge in [-0.2, -0.15) is 0 Å². The third-order valence-corrected chi connectivity index (χ3v) is 2.86. The Labute approximate surface area is 103 Å². The van der Waals surface area contributed by atoms with Crippen LogP contribution in [0.2, 0.25) is 0 Å². The molecule has 1 unspecified atom stereocenters. The molecule has 0 bridgehead atoms. The average Bonchev–Trinajstić information content (AvgIpc) is 2.81. The number of nitrogens with one attached hydrogen (secondary N) is 2. The van der Waals surface area contributed by atoms with Crippen LogP contribution in [0.4, 0.5) is 8.78 Å². The third kappa shape index (κ3) is 2.59. The Hall–Kier alpha value is -1.69. The number of hydrogen-bond donors (Lipinski definition) is 2. The summed E-state index contributed by atoms with van der Waals surface area (Å²) in [6.07, 6.45) is 0.812. The van der Waals surface area contributed by atoms with Crippen LogP contribution >= 0.6 is 0 Å². The highest BCUT2D eigenvalue weighted by Crippen LogP contribution is 2.22. The predicted molar refractivity (Wildman–Crippen MR) is 61.7 cm³/mol. The Kier molecular flexibility index (Phi) is 3.76. The summed E-state index contributed by atoms with van der Waals surface area (Å²) in [6.45, 7) is 1.50. The lowest BCUT2D eigenvalue weighted by Gasteiger charge is -2.12. The first-order valence-electron chi connectivity index (χ1n) is 5.66. The highest BCUT2D eigenvalue weighted by Gasteiger charge is 2.20. The van der Waals surface area contributed by atoms with Gasteiger partial charge in [0.2, 0.25) is 0 Å². The van der Waals surface area contributed by atoms with Crippen LogP contribution in [0, 0.1) is 11.6 Å². The molecule has 98 valence electrons. The van der Waals surface area contributed by atoms with Crippen molar-refractivity contribution in [1.82, 2.24) is 10.6 Å². The molecule has 4 nitrogen and oxygen atoms in total. The summed E-state index contributed by atoms with van der Waals surface area (Å²) in [4.78, 5) is 11.8. The lowest BCUT2D eigenvalue weighted by Crippen LogP contribution is -2.36. The molecule has 6 heteroatoms. The van der Waals surface area contributed by atoms with Gasteiger partial charge in [0.05, 0.1) is 7.11 Å². The minimum atomic E-state index is -0.882. The molecule has 1 amide bonds. The molecule has 2 rings (SSSR count). The van der Waals surface area contributed by atoms with E-state index in [0.29, 0.717) is 6.54 Å². The highest BCUT2D eigenvalue weighted by molar-refractivity contribution is 5.94. The minimum Gasteiger partial charge on any atom is -0.491 e. The van der Waals surface area contributed by atoms with E-state index in [1.54, 1.807) is 0 Å². The van der Waals surface area contributed by atoms with Crippen molar-refractivity contribution < 1.29 is 18.3 Å². The van der Waals surface area contributed by atoms with Crippen molar-refractivity contribution >= 4 is 5.91 Å². The van der Waals surface area contributed by atoms with Gasteiger partial charge in [-0.05, 0) is 25.1 Å². The lowest BCUT2D eigenvalue weighted by atomic mass is 10.1. The van der Waals surface area contributed by atoms with E-state index in [9.17, 15) is 13.6 Å². The first-order chi connectivity index (χ1) is 8.61. The van der Waals surface area contributed by atoms with Gasteiger partial charge in [-0.15, -0.1) is 0 Å². The smallest absolute Gasteiger partial charge is 0.251 e. The van der Waals surface area contributed by atoms with Crippen LogP contribution in [0.15, 0.2) is 12.1 Å². The molecule has 18 heavy (non-hydrogen) atoms. The van der Waals surface area contributed by atoms with Crippen molar-refractivity contribution in [2.75, 3.05) is 20.2 Å². The quantitative estimate of drug-likeness (QED) is 0.850. The summed E-state index contributed by atoms with van der Waals surface area (Å²) < 4.78 is 31.4. The number of ether oxygens (including phenoxy) is 1. The van der Waals surface area contributed by atoms with Gasteiger partial charge in [-0.25, -0.2) is 8.78 Å². The Morgan fingerprint density at radius 2 is 2.11 bits per heavy atom. The van der Waals surface area contributed by atoms with Crippen molar-refractivity contribution in [2.45, 2.75) is 12.5 Å². The highest BCUT2D eigenvalue weighted by atomic mass is 19.1. The Balaban J connectivity index is 2.15. The standard InChI is InChI=1S/C12H14F2N2O2/c1-18-11-9(13)4-7(5-10(11)14)12(17)16-8-2-3-15-6-8/h4-5,8,15H,2-3,6H2,1H3,(H,16,17). The van der Waals surface area contributed by atoms with Gasteiger partial charge in [0.1, 0.15) is 0 Å². The average molecular weight is 256 g/mol. The van der Waals surface area contributed by atoms with Crippen LogP contribution in [0.1, 0.15) is 16.8 Å². The molecule has 1 aromatic carbocycles. The number of halogens is 2. The van der Waals surface area contributed by atoms with Gasteiger partial charge in [-0.1, -0.05) is 0 Å². The normalized spacial score (nSPS) is 18.7. The fourth-order valence-electron chi connectivity index (χ4n) is 1.93. The Bertz CT molecular complexity index is 436. The molecular formula is C12H14F2N2O2. The van der Waals surface area contributed by atoms with Crippen molar-refractivity contribution in [3.05, 3.63) is 29.3 Å². The Morgan fingerprint density at radius 1 is 1.44 bits per heavy atom. The fraction of sp³-hybridized carbons (Fsp3) is 0.417. The Morgan fingerprint density at radius 3 is 2.61 bits per heavy atom. The van der Waals surface area contributed by atoms with E-state index in [1.807, 2.05) is 0 Å². The lowest BCUT2D eigenvalue weighted by molar-refractivity contribution is 0.0939. The first kappa shape index (κ1) is 12.8. The molecule has 0 saturated carbocycles. The molecule has 1 saturated heterocycles. The molecule has 1 atom stereocenters. The number of hydrogen-bond acceptors (Lipinski definition) is 3. The molecule has 0 spiro atoms. The maximum Gasteiger partial charge on any atom is 0.251 e. The SMILES string of the molecule is COc1c(F)cc(C(=O)NC2CCNC2)cc1F. The molecular weight excluding hydrogens is 242 g/mol. The summed E-state index contributed by atoms with van der Waals surface area (Å²) in [5, 5.41) is 5.80. The maximum atomic E-state index is 13.4. The summed E-state index contributed by atoms with van der Waals surface area (Å²) in [5.74, 6) is -2.72. The van der Waals surface area contributed by atoms with Crippen LogP contribution < -0.4 is 15.4 Å². The van der Waals surface area contributed by atoms with Crippen molar-refractivity contribution in [3.63, 3.8) is 0 Å². The molecule has 1 fully saturated rings. The van der Waals surface area contributed by atoms with Gasteiger partial charge in [0, 0.05) is 18.2 Å². The largest absolute Gasteiger partial charge is 0.491 e. The monoisotopic (exact) mass is 256 g/mol. The summed E-state index contributed by atoms with van der Waals surface area (Å²) in [6, 6.07) is 1.95. The summed E-state index contributed by atoms with van der Waals surface area (Å²) in [7, 11) is 1.17. The fourth-order valence-corrected chi connectivity index (χ4v) is 1.93. The van der Waals surface area contributed by atoms with E-state index >= 15 is 0 Å². The summed E-state index contributed by atoms with van der Waals surface area (Å²) in [5.41, 5.74) is -0.0438. The second kappa shape index (κ2) is 5.30. The first-order valence-corrected chi connectivity index (χ1v) is 5.66. The predicted octanol–water partition coefficient (Wildman–Crippen LogP) is 1.07. The molecule has 0 aliphatic carbocycles. The van der Waals surface area contributed by atoms with Crippen LogP contribution in [0.25, 0.3) is 0 Å². The molecule has 0 radical (unpaired) electrons. The number of rotatable bonds is 3. The van der Waals surface area contributed by atoms with Gasteiger partial charge in [-0.3, -0.25) is 4.79 Å². The zero-order valence-corrected chi connectivity index (χ0v) is 9.93. The topological polar surface area (TPSA) is 50.4 Å². The third-order valence-electron chi connectivity index (χ3n) is 2.86. The molecule has 0 aromatic heterocycles. The molecule has 1 aromatic rings. The van der Waals surface area contributed by atoms with Gasteiger partial charge in [0.25, 0.3) is 5.91 Å². The van der Waals surface area contributed by atoms with Crippen molar-refractivity contribution in [1.29, 1.82) is 0 Å². The van der Waals surface area contributed by atoms with E-state index in [2.05, 4.69) is 15.4 Å². The number of amides is 1. The van der Waals surface area contributed by atoms with E-state index < -0.39 is 23.3 Å². The van der Waals surface area contributed by atoms with E-state index in [-0.39, 0.29) is 11.6 Å². The van der Waals surface area contributed by atoms with Crippen molar-refractivity contribution in [3.8, 4) is 5.75 Å². The number of benzene rings is 1. The van der Waals surface area contributed by atoms with Crippen LogP contribution in [0.3, 0.4) is 0 Å². The van der Waals surface area contributed by atoms with Crippen LogP contribution in [-0.4, -0.2) is 32.1 Å². The minimum absolute atomic E-state index is 0.00530. The van der Waals surface area contributed by atoms with Crippen molar-refractivity contribution in [2.24, 2.45) is 0 Å². The molecule has 2 N–H and O–H groups in total.